The van der Waals surface area contributed by atoms with E-state index in [9.17, 15) is 28.8 Å². The van der Waals surface area contributed by atoms with Crippen LogP contribution in [0.15, 0.2) is 66.2 Å². The maximum atomic E-state index is 14.7. The smallest absolute Gasteiger partial charge is 0.285 e. The Bertz CT molecular complexity index is 2180. The van der Waals surface area contributed by atoms with Gasteiger partial charge in [-0.3, -0.25) is 38.5 Å². The third-order valence-corrected chi connectivity index (χ3v) is 14.9. The number of thiazole rings is 1. The molecule has 6 amide bonds. The first-order valence-electron chi connectivity index (χ1n) is 25.0. The number of benzene rings is 2. The summed E-state index contributed by atoms with van der Waals surface area (Å²) in [6.45, 7) is 14.8. The Morgan fingerprint density at radius 1 is 0.845 bits per heavy atom. The van der Waals surface area contributed by atoms with E-state index in [2.05, 4.69) is 15.6 Å². The number of imide groups is 1. The molecule has 18 heteroatoms. The van der Waals surface area contributed by atoms with E-state index in [1.807, 2.05) is 101 Å². The number of fused-ring (bicyclic) bond motifs is 1. The molecule has 2 aliphatic rings. The quantitative estimate of drug-likeness (QED) is 0.0658. The molecule has 5 rings (SSSR count). The summed E-state index contributed by atoms with van der Waals surface area (Å²) in [6.07, 6.45) is 3.16. The van der Waals surface area contributed by atoms with E-state index >= 15 is 0 Å². The van der Waals surface area contributed by atoms with Crippen molar-refractivity contribution in [3.63, 3.8) is 0 Å². The van der Waals surface area contributed by atoms with Crippen LogP contribution in [-0.2, 0) is 44.6 Å². The van der Waals surface area contributed by atoms with Gasteiger partial charge in [-0.2, -0.15) is 0 Å². The molecule has 0 radical (unpaired) electrons. The standard InChI is InChI=1S/C53H77N7O10S/c1-12-35(6)46(42(67-10)32-43(61)59-25-18-23-41(59)47(68-11)36(7)48(62)55-40(50-54-24-30-71-50)31-37-19-14-13-15-20-37)58(9)53(66)44(33(2)3)56-49(63)45(34(4)5)57(8)26-27-69-28-29-70-60-51(64)38-21-16-17-22-39(38)52(60)65/h13-17,19-22,24,30,33-36,40-42,44-47H,12,18,23,25-29,31-32H2,1-11H3,(H,55,62)(H,56,63)/t35-,36+,40-,41-,42+,44-,45-,46-,47+/m0/s1. The van der Waals surface area contributed by atoms with E-state index in [0.717, 1.165) is 22.1 Å². The van der Waals surface area contributed by atoms with Gasteiger partial charge in [-0.1, -0.05) is 97.4 Å². The maximum Gasteiger partial charge on any atom is 0.285 e. The van der Waals surface area contributed by atoms with Crippen molar-refractivity contribution in [2.45, 2.75) is 123 Å². The van der Waals surface area contributed by atoms with Crippen molar-refractivity contribution in [3.05, 3.63) is 87.9 Å². The van der Waals surface area contributed by atoms with Gasteiger partial charge in [0.2, 0.25) is 23.6 Å². The largest absolute Gasteiger partial charge is 0.379 e. The molecule has 0 aliphatic carbocycles. The summed E-state index contributed by atoms with van der Waals surface area (Å²) in [7, 11) is 6.68. The Morgan fingerprint density at radius 3 is 2.08 bits per heavy atom. The molecule has 2 N–H and O–H groups in total. The lowest BCUT2D eigenvalue weighted by Gasteiger charge is -2.41. The number of hydrogen-bond donors (Lipinski definition) is 2. The topological polar surface area (TPSA) is 189 Å². The number of aromatic nitrogens is 1. The molecule has 0 spiro atoms. The Labute approximate surface area is 424 Å². The monoisotopic (exact) mass is 1000 g/mol. The second-order valence-corrected chi connectivity index (χ2v) is 20.4. The summed E-state index contributed by atoms with van der Waals surface area (Å²) >= 11 is 1.49. The van der Waals surface area contributed by atoms with Gasteiger partial charge in [0.15, 0.2) is 0 Å². The number of likely N-dealkylation sites (tertiary alicyclic amines) is 1. The predicted molar refractivity (Wildman–Crippen MR) is 271 cm³/mol. The van der Waals surface area contributed by atoms with Gasteiger partial charge in [-0.05, 0) is 61.8 Å². The number of likely N-dealkylation sites (N-methyl/N-ethyl adjacent to an activating group) is 2. The molecule has 0 bridgehead atoms. The van der Waals surface area contributed by atoms with Crippen LogP contribution in [0.2, 0.25) is 0 Å². The van der Waals surface area contributed by atoms with Gasteiger partial charge in [-0.15, -0.1) is 16.4 Å². The Kier molecular flexibility index (Phi) is 21.7. The zero-order valence-electron chi connectivity index (χ0n) is 43.5. The molecular formula is C53H77N7O10S. The second kappa shape index (κ2) is 27.1. The molecule has 3 aromatic rings. The number of carbonyl (C=O) groups excluding carboxylic acids is 6. The SMILES string of the molecule is CC[C@H](C)[C@@H]([C@@H](CC(=O)N1CCC[C@H]1[C@H](OC)[C@@H](C)C(=O)N[C@@H](Cc1ccccc1)c1nccs1)OC)N(C)C(=O)[C@@H](NC(=O)[C@H](C(C)C)N(C)CCOCCON1C(=O)c2ccccc2C1=O)C(C)C. The zero-order valence-corrected chi connectivity index (χ0v) is 44.3. The molecule has 0 unspecified atom stereocenters. The number of methoxy groups -OCH3 is 2. The molecule has 17 nitrogen and oxygen atoms in total. The number of rotatable bonds is 28. The first-order chi connectivity index (χ1) is 33.9. The molecule has 2 aromatic carbocycles. The van der Waals surface area contributed by atoms with Crippen molar-refractivity contribution in [2.75, 3.05) is 61.2 Å². The normalized spacial score (nSPS) is 18.3. The van der Waals surface area contributed by atoms with Gasteiger partial charge in [0.25, 0.3) is 11.8 Å². The van der Waals surface area contributed by atoms with Gasteiger partial charge in [0, 0.05) is 45.9 Å². The van der Waals surface area contributed by atoms with E-state index in [-0.39, 0.29) is 79.7 Å². The van der Waals surface area contributed by atoms with E-state index in [1.54, 1.807) is 56.6 Å². The minimum absolute atomic E-state index is 0.00424. The molecule has 3 heterocycles. The number of nitrogens with one attached hydrogen (secondary N) is 2. The van der Waals surface area contributed by atoms with Crippen LogP contribution in [0.25, 0.3) is 0 Å². The van der Waals surface area contributed by atoms with Crippen LogP contribution in [0.5, 0.6) is 0 Å². The molecule has 1 saturated heterocycles. The highest BCUT2D eigenvalue weighted by molar-refractivity contribution is 7.09. The first kappa shape index (κ1) is 56.8. The zero-order chi connectivity index (χ0) is 51.9. The van der Waals surface area contributed by atoms with Crippen molar-refractivity contribution in [1.29, 1.82) is 0 Å². The molecule has 2 aliphatic heterocycles. The Balaban J connectivity index is 1.19. The van der Waals surface area contributed by atoms with Crippen LogP contribution < -0.4 is 10.6 Å². The summed E-state index contributed by atoms with van der Waals surface area (Å²) < 4.78 is 18.0. The highest BCUT2D eigenvalue weighted by Gasteiger charge is 2.44. The molecular weight excluding hydrogens is 927 g/mol. The lowest BCUT2D eigenvalue weighted by molar-refractivity contribution is -0.148. The molecule has 1 aromatic heterocycles. The lowest BCUT2D eigenvalue weighted by Crippen LogP contribution is -2.60. The van der Waals surface area contributed by atoms with Crippen molar-refractivity contribution < 1.29 is 47.8 Å². The molecule has 390 valence electrons. The highest BCUT2D eigenvalue weighted by atomic mass is 32.1. The van der Waals surface area contributed by atoms with E-state index in [1.165, 1.54) is 11.3 Å². The van der Waals surface area contributed by atoms with E-state index < -0.39 is 48.1 Å². The van der Waals surface area contributed by atoms with Gasteiger partial charge in [0.1, 0.15) is 11.0 Å². The van der Waals surface area contributed by atoms with Crippen LogP contribution in [0, 0.1) is 23.7 Å². The highest BCUT2D eigenvalue weighted by Crippen LogP contribution is 2.31. The second-order valence-electron chi connectivity index (χ2n) is 19.5. The minimum Gasteiger partial charge on any atom is -0.379 e. The fourth-order valence-corrected chi connectivity index (χ4v) is 10.7. The van der Waals surface area contributed by atoms with Gasteiger partial charge >= 0.3 is 0 Å². The average molecular weight is 1000 g/mol. The number of ether oxygens (including phenoxy) is 3. The third kappa shape index (κ3) is 14.3. The summed E-state index contributed by atoms with van der Waals surface area (Å²) in [5.74, 6) is -3.03. The van der Waals surface area contributed by atoms with Crippen LogP contribution in [0.4, 0.5) is 0 Å². The van der Waals surface area contributed by atoms with Crippen molar-refractivity contribution in [3.8, 4) is 0 Å². The Hall–Kier alpha value is -5.11. The third-order valence-electron chi connectivity index (χ3n) is 14.0. The van der Waals surface area contributed by atoms with Gasteiger partial charge in [-0.25, -0.2) is 4.98 Å². The number of carbonyl (C=O) groups is 6. The van der Waals surface area contributed by atoms with Gasteiger partial charge in [0.05, 0.1) is 79.7 Å². The van der Waals surface area contributed by atoms with Crippen molar-refractivity contribution >= 4 is 46.8 Å². The fourth-order valence-electron chi connectivity index (χ4n) is 9.97. The van der Waals surface area contributed by atoms with E-state index in [4.69, 9.17) is 19.0 Å². The maximum absolute atomic E-state index is 14.7. The fraction of sp³-hybridized carbons (Fsp3) is 0.604. The first-order valence-corrected chi connectivity index (χ1v) is 25.9. The molecule has 9 atom stereocenters. The van der Waals surface area contributed by atoms with Crippen molar-refractivity contribution in [2.24, 2.45) is 23.7 Å². The summed E-state index contributed by atoms with van der Waals surface area (Å²) in [4.78, 5) is 97.9. The number of nitrogens with zero attached hydrogens (tertiary/aromatic N) is 5. The number of amides is 6. The molecule has 1 fully saturated rings. The molecule has 71 heavy (non-hydrogen) atoms. The van der Waals surface area contributed by atoms with Crippen LogP contribution in [0.3, 0.4) is 0 Å². The van der Waals surface area contributed by atoms with Crippen LogP contribution in [0.1, 0.15) is 111 Å². The lowest BCUT2D eigenvalue weighted by atomic mass is 9.89. The Morgan fingerprint density at radius 2 is 1.51 bits per heavy atom. The summed E-state index contributed by atoms with van der Waals surface area (Å²) in [5.41, 5.74) is 1.66. The number of hydrogen-bond acceptors (Lipinski definition) is 13. The van der Waals surface area contributed by atoms with Crippen LogP contribution >= 0.6 is 11.3 Å². The predicted octanol–water partition coefficient (Wildman–Crippen LogP) is 5.81. The average Bonchev–Trinajstić information content (AvgIpc) is 4.13. The minimum atomic E-state index is -0.876. The van der Waals surface area contributed by atoms with Gasteiger partial charge < -0.3 is 34.6 Å². The summed E-state index contributed by atoms with van der Waals surface area (Å²) in [6, 6.07) is 13.8. The van der Waals surface area contributed by atoms with E-state index in [0.29, 0.717) is 43.5 Å². The molecule has 0 saturated carbocycles. The number of hydroxylamine groups is 2. The summed E-state index contributed by atoms with van der Waals surface area (Å²) in [5, 5.41) is 9.77. The van der Waals surface area contributed by atoms with Crippen LogP contribution in [-0.4, -0.2) is 158 Å². The van der Waals surface area contributed by atoms with Crippen molar-refractivity contribution in [1.82, 2.24) is 35.4 Å².